The standard InChI is InChI=1S/C19H21ClN6OS/c1-13-6-8-25(9-7-13)10-14-12-28-19(21-14)22-18(27)16-11-26(24-23-16)17-5-3-2-4-15(17)20/h2-5,11-13H,6-10H2,1H3,(H,21,22,27). The number of hydrogen-bond donors (Lipinski definition) is 1. The van der Waals surface area contributed by atoms with Crippen LogP contribution < -0.4 is 5.32 Å². The van der Waals surface area contributed by atoms with Gasteiger partial charge >= 0.3 is 0 Å². The number of carbonyl (C=O) groups excluding carboxylic acids is 1. The van der Waals surface area contributed by atoms with E-state index >= 15 is 0 Å². The summed E-state index contributed by atoms with van der Waals surface area (Å²) in [6, 6.07) is 7.26. The van der Waals surface area contributed by atoms with Crippen LogP contribution in [0, 0.1) is 5.92 Å². The molecule has 0 spiro atoms. The van der Waals surface area contributed by atoms with Crippen molar-refractivity contribution in [3.05, 3.63) is 52.3 Å². The molecular weight excluding hydrogens is 396 g/mol. The minimum Gasteiger partial charge on any atom is -0.297 e. The molecule has 1 aromatic carbocycles. The highest BCUT2D eigenvalue weighted by Gasteiger charge is 2.18. The van der Waals surface area contributed by atoms with Crippen LogP contribution in [0.3, 0.4) is 0 Å². The normalized spacial score (nSPS) is 15.6. The van der Waals surface area contributed by atoms with Crippen molar-refractivity contribution in [3.63, 3.8) is 0 Å². The van der Waals surface area contributed by atoms with Gasteiger partial charge in [-0.1, -0.05) is 35.9 Å². The van der Waals surface area contributed by atoms with Gasteiger partial charge in [0.2, 0.25) is 0 Å². The van der Waals surface area contributed by atoms with Crippen molar-refractivity contribution in [2.45, 2.75) is 26.3 Å². The lowest BCUT2D eigenvalue weighted by Gasteiger charge is -2.29. The predicted octanol–water partition coefficient (Wildman–Crippen LogP) is 3.86. The van der Waals surface area contributed by atoms with Crippen molar-refractivity contribution in [3.8, 4) is 5.69 Å². The number of para-hydroxylation sites is 1. The molecule has 1 fully saturated rings. The number of anilines is 1. The Bertz CT molecular complexity index is 963. The third kappa shape index (κ3) is 4.40. The van der Waals surface area contributed by atoms with E-state index in [4.69, 9.17) is 11.6 Å². The molecule has 9 heteroatoms. The fraction of sp³-hybridized carbons (Fsp3) is 0.368. The number of piperidine rings is 1. The highest BCUT2D eigenvalue weighted by atomic mass is 35.5. The zero-order valence-electron chi connectivity index (χ0n) is 15.5. The third-order valence-electron chi connectivity index (χ3n) is 4.86. The fourth-order valence-corrected chi connectivity index (χ4v) is 4.09. The molecule has 7 nitrogen and oxygen atoms in total. The first-order chi connectivity index (χ1) is 13.6. The molecule has 1 N–H and O–H groups in total. The van der Waals surface area contributed by atoms with Crippen molar-refractivity contribution in [2.75, 3.05) is 18.4 Å². The number of halogens is 1. The zero-order chi connectivity index (χ0) is 19.5. The van der Waals surface area contributed by atoms with Crippen LogP contribution in [-0.4, -0.2) is 43.9 Å². The molecule has 0 saturated carbocycles. The van der Waals surface area contributed by atoms with E-state index in [9.17, 15) is 4.79 Å². The SMILES string of the molecule is CC1CCN(Cc2csc(NC(=O)c3cn(-c4ccccc4Cl)nn3)n2)CC1. The summed E-state index contributed by atoms with van der Waals surface area (Å²) in [5.74, 6) is 0.465. The molecule has 2 aromatic heterocycles. The number of hydrogen-bond acceptors (Lipinski definition) is 6. The molecule has 0 atom stereocenters. The second-order valence-electron chi connectivity index (χ2n) is 7.06. The summed E-state index contributed by atoms with van der Waals surface area (Å²) in [7, 11) is 0. The van der Waals surface area contributed by atoms with Crippen LogP contribution in [0.2, 0.25) is 5.02 Å². The van der Waals surface area contributed by atoms with Gasteiger partial charge in [0, 0.05) is 11.9 Å². The minimum atomic E-state index is -0.342. The van der Waals surface area contributed by atoms with E-state index in [1.54, 1.807) is 12.3 Å². The summed E-state index contributed by atoms with van der Waals surface area (Å²) in [6.45, 7) is 5.33. The molecule has 0 radical (unpaired) electrons. The zero-order valence-corrected chi connectivity index (χ0v) is 17.1. The Hall–Kier alpha value is -2.29. The lowest BCUT2D eigenvalue weighted by molar-refractivity contribution is 0.102. The third-order valence-corrected chi connectivity index (χ3v) is 5.99. The van der Waals surface area contributed by atoms with E-state index in [1.165, 1.54) is 28.9 Å². The predicted molar refractivity (Wildman–Crippen MR) is 110 cm³/mol. The second-order valence-corrected chi connectivity index (χ2v) is 8.32. The van der Waals surface area contributed by atoms with Crippen LogP contribution in [0.1, 0.15) is 35.9 Å². The van der Waals surface area contributed by atoms with Gasteiger partial charge in [-0.3, -0.25) is 15.0 Å². The first-order valence-electron chi connectivity index (χ1n) is 9.24. The van der Waals surface area contributed by atoms with Crippen molar-refractivity contribution in [1.82, 2.24) is 24.9 Å². The smallest absolute Gasteiger partial charge is 0.279 e. The van der Waals surface area contributed by atoms with E-state index in [2.05, 4.69) is 32.4 Å². The lowest BCUT2D eigenvalue weighted by Crippen LogP contribution is -2.32. The molecule has 146 valence electrons. The van der Waals surface area contributed by atoms with Crippen molar-refractivity contribution < 1.29 is 4.79 Å². The number of carbonyl (C=O) groups is 1. The average molecular weight is 417 g/mol. The Morgan fingerprint density at radius 2 is 2.11 bits per heavy atom. The largest absolute Gasteiger partial charge is 0.297 e. The van der Waals surface area contributed by atoms with E-state index in [0.29, 0.717) is 15.8 Å². The number of likely N-dealkylation sites (tertiary alicyclic amines) is 1. The van der Waals surface area contributed by atoms with Gasteiger partial charge in [0.15, 0.2) is 10.8 Å². The quantitative estimate of drug-likeness (QED) is 0.683. The van der Waals surface area contributed by atoms with Gasteiger partial charge in [-0.15, -0.1) is 16.4 Å². The average Bonchev–Trinajstić information content (AvgIpc) is 3.34. The van der Waals surface area contributed by atoms with Crippen LogP contribution in [0.4, 0.5) is 5.13 Å². The van der Waals surface area contributed by atoms with Crippen LogP contribution in [0.5, 0.6) is 0 Å². The van der Waals surface area contributed by atoms with Crippen LogP contribution in [0.25, 0.3) is 5.69 Å². The summed E-state index contributed by atoms with van der Waals surface area (Å²) in [5, 5.41) is 13.8. The lowest BCUT2D eigenvalue weighted by atomic mass is 9.99. The number of nitrogens with one attached hydrogen (secondary N) is 1. The number of nitrogens with zero attached hydrogens (tertiary/aromatic N) is 5. The molecule has 1 aliphatic rings. The molecule has 3 aromatic rings. The van der Waals surface area contributed by atoms with Crippen LogP contribution in [-0.2, 0) is 6.54 Å². The number of aromatic nitrogens is 4. The number of thiazole rings is 1. The second kappa shape index (κ2) is 8.38. The van der Waals surface area contributed by atoms with Crippen molar-refractivity contribution in [1.29, 1.82) is 0 Å². The van der Waals surface area contributed by atoms with Crippen molar-refractivity contribution in [2.24, 2.45) is 5.92 Å². The number of amides is 1. The van der Waals surface area contributed by atoms with E-state index in [-0.39, 0.29) is 11.6 Å². The van der Waals surface area contributed by atoms with Crippen LogP contribution >= 0.6 is 22.9 Å². The Morgan fingerprint density at radius 1 is 1.32 bits per heavy atom. The number of rotatable bonds is 5. The van der Waals surface area contributed by atoms with Gasteiger partial charge in [0.25, 0.3) is 5.91 Å². The van der Waals surface area contributed by atoms with Crippen LogP contribution in [0.15, 0.2) is 35.8 Å². The molecule has 1 saturated heterocycles. The van der Waals surface area contributed by atoms with Gasteiger partial charge in [-0.05, 0) is 44.0 Å². The fourth-order valence-electron chi connectivity index (χ4n) is 3.17. The van der Waals surface area contributed by atoms with E-state index in [1.807, 2.05) is 23.6 Å². The molecule has 3 heterocycles. The highest BCUT2D eigenvalue weighted by Crippen LogP contribution is 2.22. The summed E-state index contributed by atoms with van der Waals surface area (Å²) in [4.78, 5) is 19.4. The summed E-state index contributed by atoms with van der Waals surface area (Å²) >= 11 is 7.59. The van der Waals surface area contributed by atoms with Gasteiger partial charge < -0.3 is 0 Å². The first kappa shape index (κ1) is 19.0. The van der Waals surface area contributed by atoms with E-state index < -0.39 is 0 Å². The maximum absolute atomic E-state index is 12.5. The van der Waals surface area contributed by atoms with Gasteiger partial charge in [0.1, 0.15) is 0 Å². The topological polar surface area (TPSA) is 75.9 Å². The molecule has 0 unspecified atom stereocenters. The molecule has 28 heavy (non-hydrogen) atoms. The Morgan fingerprint density at radius 3 is 2.89 bits per heavy atom. The molecular formula is C19H21ClN6OS. The van der Waals surface area contributed by atoms with Gasteiger partial charge in [-0.2, -0.15) is 0 Å². The maximum atomic E-state index is 12.5. The summed E-state index contributed by atoms with van der Waals surface area (Å²) < 4.78 is 1.49. The molecule has 4 rings (SSSR count). The van der Waals surface area contributed by atoms with Gasteiger partial charge in [-0.25, -0.2) is 9.67 Å². The van der Waals surface area contributed by atoms with Crippen molar-refractivity contribution >= 4 is 34.0 Å². The Balaban J connectivity index is 1.38. The number of benzene rings is 1. The van der Waals surface area contributed by atoms with E-state index in [0.717, 1.165) is 31.2 Å². The monoisotopic (exact) mass is 416 g/mol. The highest BCUT2D eigenvalue weighted by molar-refractivity contribution is 7.13. The minimum absolute atomic E-state index is 0.210. The van der Waals surface area contributed by atoms with Gasteiger partial charge in [0.05, 0.1) is 22.6 Å². The molecule has 1 aliphatic heterocycles. The summed E-state index contributed by atoms with van der Waals surface area (Å²) in [5.41, 5.74) is 1.86. The Kier molecular flexibility index (Phi) is 5.70. The molecule has 0 bridgehead atoms. The summed E-state index contributed by atoms with van der Waals surface area (Å²) in [6.07, 6.45) is 4.02. The maximum Gasteiger partial charge on any atom is 0.279 e. The Labute approximate surface area is 172 Å². The molecule has 1 amide bonds. The first-order valence-corrected chi connectivity index (χ1v) is 10.5. The molecule has 0 aliphatic carbocycles.